The van der Waals surface area contributed by atoms with Gasteiger partial charge in [0.2, 0.25) is 0 Å². The lowest BCUT2D eigenvalue weighted by Crippen LogP contribution is -2.40. The Morgan fingerprint density at radius 2 is 1.93 bits per heavy atom. The quantitative estimate of drug-likeness (QED) is 0.716. The molecule has 2 aromatic rings. The zero-order chi connectivity index (χ0) is 21.8. The second-order valence-electron chi connectivity index (χ2n) is 8.02. The van der Waals surface area contributed by atoms with E-state index in [0.717, 1.165) is 30.5 Å². The smallest absolute Gasteiger partial charge is 0.313 e. The Morgan fingerprint density at radius 1 is 1.17 bits per heavy atom. The molecule has 7 heteroatoms. The summed E-state index contributed by atoms with van der Waals surface area (Å²) in [7, 11) is 6.05. The molecule has 1 atom stereocenters. The van der Waals surface area contributed by atoms with Crippen LogP contribution in [0.2, 0.25) is 5.02 Å². The highest BCUT2D eigenvalue weighted by molar-refractivity contribution is 6.40. The zero-order valence-corrected chi connectivity index (χ0v) is 18.7. The van der Waals surface area contributed by atoms with E-state index >= 15 is 0 Å². The van der Waals surface area contributed by atoms with Gasteiger partial charge in [0.1, 0.15) is 0 Å². The van der Waals surface area contributed by atoms with Crippen LogP contribution < -0.4 is 15.5 Å². The molecule has 0 aromatic heterocycles. The number of carbonyl (C=O) groups is 2. The Balaban J connectivity index is 1.66. The second kappa shape index (κ2) is 9.49. The summed E-state index contributed by atoms with van der Waals surface area (Å²) in [5, 5.41) is 5.91. The van der Waals surface area contributed by atoms with Crippen LogP contribution in [0, 0.1) is 6.92 Å². The van der Waals surface area contributed by atoms with Gasteiger partial charge in [0, 0.05) is 36.5 Å². The van der Waals surface area contributed by atoms with E-state index in [1.807, 2.05) is 25.9 Å². The first-order valence-corrected chi connectivity index (χ1v) is 10.5. The number of hydrogen-bond donors (Lipinski definition) is 2. The van der Waals surface area contributed by atoms with Crippen LogP contribution >= 0.6 is 11.6 Å². The maximum atomic E-state index is 12.4. The van der Waals surface area contributed by atoms with Crippen molar-refractivity contribution in [3.05, 3.63) is 58.1 Å². The van der Waals surface area contributed by atoms with Crippen molar-refractivity contribution in [2.75, 3.05) is 44.4 Å². The van der Waals surface area contributed by atoms with E-state index in [4.69, 9.17) is 11.6 Å². The van der Waals surface area contributed by atoms with Crippen LogP contribution in [0.1, 0.15) is 29.2 Å². The fraction of sp³-hybridized carbons (Fsp3) is 0.391. The highest BCUT2D eigenvalue weighted by Crippen LogP contribution is 2.30. The molecule has 1 aliphatic heterocycles. The monoisotopic (exact) mass is 428 g/mol. The Hall–Kier alpha value is -2.57. The molecule has 30 heavy (non-hydrogen) atoms. The van der Waals surface area contributed by atoms with Gasteiger partial charge in [0.15, 0.2) is 0 Å². The zero-order valence-electron chi connectivity index (χ0n) is 18.0. The molecule has 0 aliphatic carbocycles. The largest absolute Gasteiger partial charge is 0.374 e. The van der Waals surface area contributed by atoms with E-state index in [9.17, 15) is 9.59 Å². The first kappa shape index (κ1) is 22.1. The second-order valence-corrected chi connectivity index (χ2v) is 8.45. The van der Waals surface area contributed by atoms with Gasteiger partial charge in [-0.1, -0.05) is 29.8 Å². The van der Waals surface area contributed by atoms with Crippen molar-refractivity contribution in [2.45, 2.75) is 25.8 Å². The predicted molar refractivity (Wildman–Crippen MR) is 122 cm³/mol. The molecule has 2 aromatic carbocycles. The first-order chi connectivity index (χ1) is 14.3. The molecule has 2 amide bonds. The van der Waals surface area contributed by atoms with Gasteiger partial charge < -0.3 is 20.4 Å². The van der Waals surface area contributed by atoms with E-state index in [0.29, 0.717) is 17.3 Å². The standard InChI is InChI=1S/C23H29ClN4O2/c1-15-7-9-18(24)13-19(15)26-23(30)22(29)25-14-21(27(2)3)17-8-10-20-16(12-17)6-5-11-28(20)4/h7-10,12-13,21H,5-6,11,14H2,1-4H3,(H,25,29)(H,26,30)/t21-/m0/s1. The van der Waals surface area contributed by atoms with Crippen LogP contribution in [-0.4, -0.2) is 50.9 Å². The Kier molecular flexibility index (Phi) is 7.00. The third-order valence-corrected chi connectivity index (χ3v) is 5.81. The average molecular weight is 429 g/mol. The predicted octanol–water partition coefficient (Wildman–Crippen LogP) is 3.39. The van der Waals surface area contributed by atoms with Gasteiger partial charge in [0.25, 0.3) is 0 Å². The molecular formula is C23H29ClN4O2. The number of nitrogens with zero attached hydrogens (tertiary/aromatic N) is 2. The molecule has 0 unspecified atom stereocenters. The summed E-state index contributed by atoms with van der Waals surface area (Å²) in [5.74, 6) is -1.37. The fourth-order valence-electron chi connectivity index (χ4n) is 3.79. The Morgan fingerprint density at radius 3 is 2.67 bits per heavy atom. The minimum atomic E-state index is -0.704. The topological polar surface area (TPSA) is 64.7 Å². The van der Waals surface area contributed by atoms with Crippen molar-refractivity contribution in [3.63, 3.8) is 0 Å². The molecule has 2 N–H and O–H groups in total. The van der Waals surface area contributed by atoms with E-state index in [2.05, 4.69) is 40.8 Å². The van der Waals surface area contributed by atoms with Crippen molar-refractivity contribution in [3.8, 4) is 0 Å². The minimum Gasteiger partial charge on any atom is -0.374 e. The molecule has 0 fully saturated rings. The molecule has 160 valence electrons. The highest BCUT2D eigenvalue weighted by atomic mass is 35.5. The average Bonchev–Trinajstić information content (AvgIpc) is 2.70. The SMILES string of the molecule is Cc1ccc(Cl)cc1NC(=O)C(=O)NC[C@@H](c1ccc2c(c1)CCCN2C)N(C)C. The number of halogens is 1. The molecule has 1 aliphatic rings. The van der Waals surface area contributed by atoms with Crippen molar-refractivity contribution >= 4 is 34.8 Å². The maximum Gasteiger partial charge on any atom is 0.313 e. The highest BCUT2D eigenvalue weighted by Gasteiger charge is 2.21. The van der Waals surface area contributed by atoms with Crippen LogP contribution in [0.25, 0.3) is 0 Å². The summed E-state index contributed by atoms with van der Waals surface area (Å²) in [5.41, 5.74) is 5.09. The van der Waals surface area contributed by atoms with Gasteiger partial charge in [-0.05, 0) is 68.8 Å². The van der Waals surface area contributed by atoms with E-state index < -0.39 is 11.8 Å². The van der Waals surface area contributed by atoms with Crippen LogP contribution in [-0.2, 0) is 16.0 Å². The molecule has 3 rings (SSSR count). The third-order valence-electron chi connectivity index (χ3n) is 5.57. The summed E-state index contributed by atoms with van der Waals surface area (Å²) in [4.78, 5) is 29.1. The number of aryl methyl sites for hydroxylation is 2. The molecule has 0 bridgehead atoms. The molecular weight excluding hydrogens is 400 g/mol. The van der Waals surface area contributed by atoms with Crippen LogP contribution in [0.3, 0.4) is 0 Å². The van der Waals surface area contributed by atoms with Crippen molar-refractivity contribution < 1.29 is 9.59 Å². The molecule has 0 saturated heterocycles. The Bertz CT molecular complexity index is 945. The number of nitrogens with one attached hydrogen (secondary N) is 2. The number of rotatable bonds is 5. The van der Waals surface area contributed by atoms with Gasteiger partial charge in [-0.25, -0.2) is 0 Å². The third kappa shape index (κ3) is 5.12. The maximum absolute atomic E-state index is 12.4. The van der Waals surface area contributed by atoms with Crippen molar-refractivity contribution in [1.29, 1.82) is 0 Å². The normalized spacial score (nSPS) is 14.3. The molecule has 0 saturated carbocycles. The van der Waals surface area contributed by atoms with Gasteiger partial charge in [0.05, 0.1) is 6.04 Å². The molecule has 0 spiro atoms. The lowest BCUT2D eigenvalue weighted by Gasteiger charge is -2.30. The number of hydrogen-bond acceptors (Lipinski definition) is 4. The number of likely N-dealkylation sites (N-methyl/N-ethyl adjacent to an activating group) is 1. The molecule has 6 nitrogen and oxygen atoms in total. The summed E-state index contributed by atoms with van der Waals surface area (Å²) in [6.07, 6.45) is 2.20. The lowest BCUT2D eigenvalue weighted by atomic mass is 9.96. The van der Waals surface area contributed by atoms with Crippen LogP contribution in [0.5, 0.6) is 0 Å². The number of fused-ring (bicyclic) bond motifs is 1. The van der Waals surface area contributed by atoms with E-state index in [-0.39, 0.29) is 6.04 Å². The van der Waals surface area contributed by atoms with Gasteiger partial charge >= 0.3 is 11.8 Å². The first-order valence-electron chi connectivity index (χ1n) is 10.1. The van der Waals surface area contributed by atoms with E-state index in [1.165, 1.54) is 11.3 Å². The fourth-order valence-corrected chi connectivity index (χ4v) is 3.96. The number of anilines is 2. The number of benzene rings is 2. The van der Waals surface area contributed by atoms with Gasteiger partial charge in [-0.2, -0.15) is 0 Å². The summed E-state index contributed by atoms with van der Waals surface area (Å²) in [6, 6.07) is 11.6. The number of carbonyl (C=O) groups excluding carboxylic acids is 2. The summed E-state index contributed by atoms with van der Waals surface area (Å²) < 4.78 is 0. The Labute approximate surface area is 183 Å². The summed E-state index contributed by atoms with van der Waals surface area (Å²) in [6.45, 7) is 3.25. The number of amides is 2. The van der Waals surface area contributed by atoms with Crippen LogP contribution in [0.15, 0.2) is 36.4 Å². The minimum absolute atomic E-state index is 0.0350. The summed E-state index contributed by atoms with van der Waals surface area (Å²) >= 11 is 5.98. The molecule has 0 radical (unpaired) electrons. The molecule has 1 heterocycles. The lowest BCUT2D eigenvalue weighted by molar-refractivity contribution is -0.136. The van der Waals surface area contributed by atoms with Gasteiger partial charge in [-0.3, -0.25) is 9.59 Å². The van der Waals surface area contributed by atoms with E-state index in [1.54, 1.807) is 18.2 Å². The van der Waals surface area contributed by atoms with Gasteiger partial charge in [-0.15, -0.1) is 0 Å². The van der Waals surface area contributed by atoms with Crippen LogP contribution in [0.4, 0.5) is 11.4 Å². The van der Waals surface area contributed by atoms with Crippen molar-refractivity contribution in [2.24, 2.45) is 0 Å². The van der Waals surface area contributed by atoms with Crippen molar-refractivity contribution in [1.82, 2.24) is 10.2 Å².